The van der Waals surface area contributed by atoms with Gasteiger partial charge in [-0.25, -0.2) is 0 Å². The van der Waals surface area contributed by atoms with E-state index in [2.05, 4.69) is 10.6 Å². The monoisotopic (exact) mass is 250 g/mol. The fraction of sp³-hybridized carbons (Fsp3) is 0.308. The van der Waals surface area contributed by atoms with E-state index >= 15 is 0 Å². The molecule has 18 heavy (non-hydrogen) atoms. The van der Waals surface area contributed by atoms with Crippen molar-refractivity contribution in [3.8, 4) is 5.75 Å². The second-order valence-electron chi connectivity index (χ2n) is 3.55. The Labute approximate surface area is 106 Å². The molecule has 0 saturated heterocycles. The summed E-state index contributed by atoms with van der Waals surface area (Å²) in [4.78, 5) is 10.4. The minimum absolute atomic E-state index is 0.116. The predicted molar refractivity (Wildman–Crippen MR) is 68.9 cm³/mol. The maximum absolute atomic E-state index is 10.4. The fourth-order valence-corrected chi connectivity index (χ4v) is 1.29. The second-order valence-corrected chi connectivity index (χ2v) is 3.55. The van der Waals surface area contributed by atoms with Gasteiger partial charge < -0.3 is 15.2 Å². The normalized spacial score (nSPS) is 12.3. The van der Waals surface area contributed by atoms with E-state index in [1.165, 1.54) is 6.26 Å². The van der Waals surface area contributed by atoms with Gasteiger partial charge in [0.2, 0.25) is 6.41 Å². The SMILES string of the molecule is O=CNC(C=COc1ccccc1)NCCCO. The van der Waals surface area contributed by atoms with Gasteiger partial charge in [0, 0.05) is 6.61 Å². The third-order valence-electron chi connectivity index (χ3n) is 2.17. The Bertz CT molecular complexity index is 355. The third kappa shape index (κ3) is 6.03. The van der Waals surface area contributed by atoms with E-state index < -0.39 is 0 Å². The first-order valence-corrected chi connectivity index (χ1v) is 5.79. The zero-order chi connectivity index (χ0) is 13.1. The summed E-state index contributed by atoms with van der Waals surface area (Å²) in [5, 5.41) is 14.3. The van der Waals surface area contributed by atoms with Gasteiger partial charge in [0.05, 0.1) is 6.26 Å². The van der Waals surface area contributed by atoms with Crippen LogP contribution >= 0.6 is 0 Å². The molecule has 1 atom stereocenters. The van der Waals surface area contributed by atoms with Gasteiger partial charge >= 0.3 is 0 Å². The first kappa shape index (κ1) is 14.2. The molecule has 98 valence electrons. The standard InChI is InChI=1S/C13H18N2O3/c16-9-4-8-14-13(15-11-17)7-10-18-12-5-2-1-3-6-12/h1-3,5-7,10-11,13-14,16H,4,8-9H2,(H,15,17). The van der Waals surface area contributed by atoms with Crippen LogP contribution in [0.1, 0.15) is 6.42 Å². The van der Waals surface area contributed by atoms with Crippen molar-refractivity contribution >= 4 is 6.41 Å². The lowest BCUT2D eigenvalue weighted by Gasteiger charge is -2.13. The number of benzene rings is 1. The number of amides is 1. The summed E-state index contributed by atoms with van der Waals surface area (Å²) >= 11 is 0. The Balaban J connectivity index is 2.37. The largest absolute Gasteiger partial charge is 0.465 e. The van der Waals surface area contributed by atoms with Gasteiger partial charge in [-0.05, 0) is 31.2 Å². The van der Waals surface area contributed by atoms with Crippen LogP contribution in [0.25, 0.3) is 0 Å². The highest BCUT2D eigenvalue weighted by Gasteiger charge is 2.00. The van der Waals surface area contributed by atoms with E-state index in [9.17, 15) is 4.79 Å². The third-order valence-corrected chi connectivity index (χ3v) is 2.17. The van der Waals surface area contributed by atoms with Crippen molar-refractivity contribution in [3.63, 3.8) is 0 Å². The molecule has 5 nitrogen and oxygen atoms in total. The fourth-order valence-electron chi connectivity index (χ4n) is 1.29. The first-order chi connectivity index (χ1) is 8.86. The molecule has 0 aliphatic carbocycles. The van der Waals surface area contributed by atoms with E-state index in [0.29, 0.717) is 19.4 Å². The molecule has 1 aromatic carbocycles. The maximum Gasteiger partial charge on any atom is 0.208 e. The molecule has 0 aromatic heterocycles. The van der Waals surface area contributed by atoms with Crippen molar-refractivity contribution in [2.75, 3.05) is 13.2 Å². The number of aliphatic hydroxyl groups excluding tert-OH is 1. The molecule has 0 aliphatic rings. The van der Waals surface area contributed by atoms with Crippen molar-refractivity contribution in [1.29, 1.82) is 0 Å². The number of carbonyl (C=O) groups excluding carboxylic acids is 1. The van der Waals surface area contributed by atoms with Crippen LogP contribution in [0.5, 0.6) is 5.75 Å². The molecule has 0 fully saturated rings. The van der Waals surface area contributed by atoms with E-state index in [0.717, 1.165) is 5.75 Å². The molecule has 1 aromatic rings. The maximum atomic E-state index is 10.4. The lowest BCUT2D eigenvalue weighted by molar-refractivity contribution is -0.110. The Morgan fingerprint density at radius 2 is 2.11 bits per heavy atom. The van der Waals surface area contributed by atoms with Crippen molar-refractivity contribution < 1.29 is 14.6 Å². The molecule has 0 radical (unpaired) electrons. The van der Waals surface area contributed by atoms with Gasteiger partial charge in [-0.2, -0.15) is 0 Å². The van der Waals surface area contributed by atoms with Crippen LogP contribution in [0.3, 0.4) is 0 Å². The highest BCUT2D eigenvalue weighted by atomic mass is 16.5. The lowest BCUT2D eigenvalue weighted by Crippen LogP contribution is -2.40. The number of rotatable bonds is 9. The van der Waals surface area contributed by atoms with Crippen LogP contribution < -0.4 is 15.4 Å². The van der Waals surface area contributed by atoms with Crippen LogP contribution in [0.2, 0.25) is 0 Å². The quantitative estimate of drug-likeness (QED) is 0.260. The van der Waals surface area contributed by atoms with Gasteiger partial charge in [-0.15, -0.1) is 0 Å². The summed E-state index contributed by atoms with van der Waals surface area (Å²) in [6, 6.07) is 9.34. The number of carbonyl (C=O) groups is 1. The smallest absolute Gasteiger partial charge is 0.208 e. The lowest BCUT2D eigenvalue weighted by atomic mass is 10.3. The van der Waals surface area contributed by atoms with E-state index in [1.54, 1.807) is 6.08 Å². The van der Waals surface area contributed by atoms with E-state index in [4.69, 9.17) is 9.84 Å². The molecule has 5 heteroatoms. The van der Waals surface area contributed by atoms with Crippen LogP contribution in [0, 0.1) is 0 Å². The molecule has 1 rings (SSSR count). The number of hydrogen-bond donors (Lipinski definition) is 3. The van der Waals surface area contributed by atoms with Gasteiger partial charge in [0.15, 0.2) is 0 Å². The summed E-state index contributed by atoms with van der Waals surface area (Å²) < 4.78 is 5.36. The van der Waals surface area contributed by atoms with E-state index in [-0.39, 0.29) is 12.8 Å². The Hall–Kier alpha value is -1.85. The van der Waals surface area contributed by atoms with Crippen LogP contribution in [-0.2, 0) is 4.79 Å². The second kappa shape index (κ2) is 9.21. The average Bonchev–Trinajstić information content (AvgIpc) is 2.40. The number of para-hydroxylation sites is 1. The summed E-state index contributed by atoms with van der Waals surface area (Å²) in [6.45, 7) is 0.725. The van der Waals surface area contributed by atoms with Gasteiger partial charge in [-0.1, -0.05) is 18.2 Å². The summed E-state index contributed by atoms with van der Waals surface area (Å²) in [6.07, 6.45) is 4.15. The molecule has 0 heterocycles. The van der Waals surface area contributed by atoms with Crippen molar-refractivity contribution in [2.24, 2.45) is 0 Å². The summed E-state index contributed by atoms with van der Waals surface area (Å²) in [7, 11) is 0. The van der Waals surface area contributed by atoms with Gasteiger partial charge in [0.25, 0.3) is 0 Å². The first-order valence-electron chi connectivity index (χ1n) is 5.79. The minimum atomic E-state index is -0.308. The van der Waals surface area contributed by atoms with Crippen LogP contribution in [0.15, 0.2) is 42.7 Å². The highest BCUT2D eigenvalue weighted by Crippen LogP contribution is 2.08. The predicted octanol–water partition coefficient (Wildman–Crippen LogP) is 0.623. The molecule has 0 saturated carbocycles. The zero-order valence-electron chi connectivity index (χ0n) is 10.1. The summed E-state index contributed by atoms with van der Waals surface area (Å²) in [5.74, 6) is 0.731. The Kier molecular flexibility index (Phi) is 7.27. The number of aliphatic hydroxyl groups is 1. The molecule has 1 amide bonds. The topological polar surface area (TPSA) is 70.6 Å². The number of nitrogens with one attached hydrogen (secondary N) is 2. The molecule has 0 bridgehead atoms. The van der Waals surface area contributed by atoms with Crippen molar-refractivity contribution in [3.05, 3.63) is 42.7 Å². The van der Waals surface area contributed by atoms with Crippen molar-refractivity contribution in [2.45, 2.75) is 12.6 Å². The minimum Gasteiger partial charge on any atom is -0.465 e. The van der Waals surface area contributed by atoms with Crippen molar-refractivity contribution in [1.82, 2.24) is 10.6 Å². The molecular weight excluding hydrogens is 232 g/mol. The molecule has 3 N–H and O–H groups in total. The Morgan fingerprint density at radius 1 is 1.33 bits per heavy atom. The van der Waals surface area contributed by atoms with Gasteiger partial charge in [0.1, 0.15) is 11.9 Å². The molecule has 0 aliphatic heterocycles. The highest BCUT2D eigenvalue weighted by molar-refractivity contribution is 5.47. The van der Waals surface area contributed by atoms with Crippen LogP contribution in [0.4, 0.5) is 0 Å². The molecular formula is C13H18N2O3. The molecule has 1 unspecified atom stereocenters. The van der Waals surface area contributed by atoms with E-state index in [1.807, 2.05) is 30.3 Å². The number of ether oxygens (including phenoxy) is 1. The molecule has 0 spiro atoms. The number of hydrogen-bond acceptors (Lipinski definition) is 4. The van der Waals surface area contributed by atoms with Crippen LogP contribution in [-0.4, -0.2) is 30.8 Å². The average molecular weight is 250 g/mol. The Morgan fingerprint density at radius 3 is 2.78 bits per heavy atom. The van der Waals surface area contributed by atoms with Gasteiger partial charge in [-0.3, -0.25) is 10.1 Å². The summed E-state index contributed by atoms with van der Waals surface area (Å²) in [5.41, 5.74) is 0. The zero-order valence-corrected chi connectivity index (χ0v) is 10.1.